The molecule has 108 valence electrons. The van der Waals surface area contributed by atoms with E-state index in [4.69, 9.17) is 0 Å². The molecular formula is C17H30N2. The normalized spacial score (nSPS) is 9.42. The number of nitrogens with zero attached hydrogens (tertiary/aromatic N) is 2. The fourth-order valence-corrected chi connectivity index (χ4v) is 2.10. The summed E-state index contributed by atoms with van der Waals surface area (Å²) in [4.78, 5) is 4.49. The van der Waals surface area contributed by atoms with Gasteiger partial charge in [-0.05, 0) is 37.5 Å². The number of fused-ring (bicyclic) bond motifs is 1. The second kappa shape index (κ2) is 9.60. The van der Waals surface area contributed by atoms with Gasteiger partial charge < -0.3 is 4.57 Å². The van der Waals surface area contributed by atoms with E-state index in [1.165, 1.54) is 16.6 Å². The summed E-state index contributed by atoms with van der Waals surface area (Å²) in [7, 11) is 0. The van der Waals surface area contributed by atoms with E-state index in [2.05, 4.69) is 42.5 Å². The highest BCUT2D eigenvalue weighted by Crippen LogP contribution is 2.21. The molecule has 0 aliphatic rings. The maximum atomic E-state index is 4.49. The molecule has 0 aliphatic carbocycles. The van der Waals surface area contributed by atoms with Crippen molar-refractivity contribution in [2.45, 2.75) is 67.9 Å². The molecule has 2 aromatic rings. The summed E-state index contributed by atoms with van der Waals surface area (Å²) in [5, 5.41) is 1.31. The Morgan fingerprint density at radius 3 is 2.26 bits per heavy atom. The van der Waals surface area contributed by atoms with Gasteiger partial charge in [0.15, 0.2) is 0 Å². The summed E-state index contributed by atoms with van der Waals surface area (Å²) in [6, 6.07) is 4.37. The van der Waals surface area contributed by atoms with Gasteiger partial charge in [0.2, 0.25) is 0 Å². The number of rotatable bonds is 3. The molecule has 0 aromatic carbocycles. The molecule has 2 aromatic heterocycles. The monoisotopic (exact) mass is 262 g/mol. The van der Waals surface area contributed by atoms with Gasteiger partial charge in [-0.3, -0.25) is 0 Å². The zero-order valence-corrected chi connectivity index (χ0v) is 13.7. The van der Waals surface area contributed by atoms with Crippen molar-refractivity contribution in [2.75, 3.05) is 0 Å². The Hall–Kier alpha value is -1.31. The lowest BCUT2D eigenvalue weighted by Crippen LogP contribution is -2.02. The molecule has 2 heteroatoms. The summed E-state index contributed by atoms with van der Waals surface area (Å²) < 4.78 is 2.35. The predicted octanol–water partition coefficient (Wildman–Crippen LogP) is 5.37. The molecule has 2 heterocycles. The third kappa shape index (κ3) is 4.09. The minimum Gasteiger partial charge on any atom is -0.330 e. The van der Waals surface area contributed by atoms with Crippen LogP contribution in [0.2, 0.25) is 0 Å². The maximum Gasteiger partial charge on any atom is 0.140 e. The predicted molar refractivity (Wildman–Crippen MR) is 86.8 cm³/mol. The molecule has 2 nitrogen and oxygen atoms in total. The van der Waals surface area contributed by atoms with Gasteiger partial charge in [0, 0.05) is 23.8 Å². The van der Waals surface area contributed by atoms with Crippen molar-refractivity contribution in [2.24, 2.45) is 0 Å². The van der Waals surface area contributed by atoms with Crippen molar-refractivity contribution in [1.29, 1.82) is 0 Å². The molecular weight excluding hydrogens is 232 g/mol. The van der Waals surface area contributed by atoms with E-state index < -0.39 is 0 Å². The van der Waals surface area contributed by atoms with Crippen LogP contribution in [-0.2, 0) is 13.0 Å². The maximum absolute atomic E-state index is 4.49. The first-order valence-corrected chi connectivity index (χ1v) is 7.71. The minimum atomic E-state index is 1.07. The van der Waals surface area contributed by atoms with Crippen LogP contribution in [0.3, 0.4) is 0 Å². The second-order valence-corrected chi connectivity index (χ2v) is 4.01. The lowest BCUT2D eigenvalue weighted by Gasteiger charge is -2.06. The van der Waals surface area contributed by atoms with Gasteiger partial charge in [-0.1, -0.05) is 41.5 Å². The average molecular weight is 262 g/mol. The van der Waals surface area contributed by atoms with E-state index in [-0.39, 0.29) is 0 Å². The summed E-state index contributed by atoms with van der Waals surface area (Å²) in [5.74, 6) is 0. The Morgan fingerprint density at radius 2 is 1.74 bits per heavy atom. The first-order chi connectivity index (χ1) is 9.27. The summed E-state index contributed by atoms with van der Waals surface area (Å²) in [6.45, 7) is 15.6. The molecule has 0 N–H and O–H groups in total. The standard InChI is InChI=1S/C13H18N2.2C2H6/c1-4-8-15-11(5-2)9-12-10(3)6-7-14-13(12)15;2*1-2/h6-7,9H,4-5,8H2,1-3H3;2*1-2H3. The van der Waals surface area contributed by atoms with E-state index in [1.807, 2.05) is 33.9 Å². The Morgan fingerprint density at radius 1 is 1.11 bits per heavy atom. The molecule has 0 atom stereocenters. The fraction of sp³-hybridized carbons (Fsp3) is 0.588. The lowest BCUT2D eigenvalue weighted by molar-refractivity contribution is 0.667. The fourth-order valence-electron chi connectivity index (χ4n) is 2.10. The van der Waals surface area contributed by atoms with Crippen LogP contribution in [0.5, 0.6) is 0 Å². The largest absolute Gasteiger partial charge is 0.330 e. The van der Waals surface area contributed by atoms with E-state index in [0.29, 0.717) is 0 Å². The molecule has 2 rings (SSSR count). The van der Waals surface area contributed by atoms with Crippen molar-refractivity contribution in [1.82, 2.24) is 9.55 Å². The highest BCUT2D eigenvalue weighted by molar-refractivity contribution is 5.81. The van der Waals surface area contributed by atoms with Crippen molar-refractivity contribution in [3.8, 4) is 0 Å². The zero-order chi connectivity index (χ0) is 14.8. The van der Waals surface area contributed by atoms with Crippen LogP contribution < -0.4 is 0 Å². The van der Waals surface area contributed by atoms with E-state index >= 15 is 0 Å². The van der Waals surface area contributed by atoms with E-state index in [9.17, 15) is 0 Å². The highest BCUT2D eigenvalue weighted by atomic mass is 15.0. The van der Waals surface area contributed by atoms with Crippen molar-refractivity contribution in [3.63, 3.8) is 0 Å². The molecule has 0 saturated carbocycles. The number of hydrogen-bond acceptors (Lipinski definition) is 1. The second-order valence-electron chi connectivity index (χ2n) is 4.01. The number of aromatic nitrogens is 2. The van der Waals surface area contributed by atoms with Gasteiger partial charge in [-0.25, -0.2) is 4.98 Å². The Kier molecular flexibility index (Phi) is 8.94. The molecule has 0 fully saturated rings. The van der Waals surface area contributed by atoms with Crippen LogP contribution >= 0.6 is 0 Å². The first kappa shape index (κ1) is 17.7. The number of aryl methyl sites for hydroxylation is 3. The molecule has 0 radical (unpaired) electrons. The third-order valence-corrected chi connectivity index (χ3v) is 2.91. The summed E-state index contributed by atoms with van der Waals surface area (Å²) in [6.07, 6.45) is 4.14. The van der Waals surface area contributed by atoms with Crippen LogP contribution in [0.25, 0.3) is 11.0 Å². The molecule has 0 amide bonds. The third-order valence-electron chi connectivity index (χ3n) is 2.91. The van der Waals surface area contributed by atoms with E-state index in [1.54, 1.807) is 0 Å². The van der Waals surface area contributed by atoms with Crippen LogP contribution in [0.4, 0.5) is 0 Å². The zero-order valence-electron chi connectivity index (χ0n) is 13.7. The SMILES string of the molecule is CC.CC.CCCn1c(CC)cc2c(C)ccnc21. The van der Waals surface area contributed by atoms with Crippen LogP contribution in [0.15, 0.2) is 18.3 Å². The average Bonchev–Trinajstić information content (AvgIpc) is 2.84. The molecule has 0 saturated heterocycles. The lowest BCUT2D eigenvalue weighted by atomic mass is 10.2. The first-order valence-electron chi connectivity index (χ1n) is 7.71. The van der Waals surface area contributed by atoms with Gasteiger partial charge in [0.25, 0.3) is 0 Å². The van der Waals surface area contributed by atoms with Crippen molar-refractivity contribution in [3.05, 3.63) is 29.6 Å². The Balaban J connectivity index is 0.000000741. The van der Waals surface area contributed by atoms with Crippen LogP contribution in [0, 0.1) is 6.92 Å². The molecule has 0 unspecified atom stereocenters. The summed E-state index contributed by atoms with van der Waals surface area (Å²) in [5.41, 5.74) is 3.87. The van der Waals surface area contributed by atoms with Gasteiger partial charge in [-0.2, -0.15) is 0 Å². The van der Waals surface area contributed by atoms with Crippen molar-refractivity contribution < 1.29 is 0 Å². The van der Waals surface area contributed by atoms with Crippen LogP contribution in [-0.4, -0.2) is 9.55 Å². The molecule has 19 heavy (non-hydrogen) atoms. The quantitative estimate of drug-likeness (QED) is 0.727. The molecule has 0 aliphatic heterocycles. The molecule has 0 spiro atoms. The topological polar surface area (TPSA) is 17.8 Å². The minimum absolute atomic E-state index is 1.07. The van der Waals surface area contributed by atoms with Gasteiger partial charge >= 0.3 is 0 Å². The molecule has 0 bridgehead atoms. The van der Waals surface area contributed by atoms with Gasteiger partial charge in [0.05, 0.1) is 0 Å². The van der Waals surface area contributed by atoms with Gasteiger partial charge in [0.1, 0.15) is 5.65 Å². The number of pyridine rings is 1. The van der Waals surface area contributed by atoms with E-state index in [0.717, 1.165) is 25.0 Å². The highest BCUT2D eigenvalue weighted by Gasteiger charge is 2.08. The number of hydrogen-bond donors (Lipinski definition) is 0. The smallest absolute Gasteiger partial charge is 0.140 e. The van der Waals surface area contributed by atoms with Gasteiger partial charge in [-0.15, -0.1) is 0 Å². The summed E-state index contributed by atoms with van der Waals surface area (Å²) >= 11 is 0. The Bertz CT molecular complexity index is 469. The van der Waals surface area contributed by atoms with Crippen LogP contribution in [0.1, 0.15) is 59.2 Å². The van der Waals surface area contributed by atoms with Crippen molar-refractivity contribution >= 4 is 11.0 Å². The Labute approximate surface area is 118 Å².